The van der Waals surface area contributed by atoms with E-state index in [9.17, 15) is 9.59 Å². The summed E-state index contributed by atoms with van der Waals surface area (Å²) in [5.74, 6) is 0.274. The van der Waals surface area contributed by atoms with Gasteiger partial charge in [0.1, 0.15) is 0 Å². The molecule has 1 unspecified atom stereocenters. The fourth-order valence-corrected chi connectivity index (χ4v) is 5.79. The molecule has 2 aliphatic heterocycles. The molecular weight excluding hydrogens is 528 g/mol. The topological polar surface area (TPSA) is 64.7 Å². The fourth-order valence-electron chi connectivity index (χ4n) is 5.52. The summed E-state index contributed by atoms with van der Waals surface area (Å²) in [4.78, 5) is 30.6. The predicted octanol–water partition coefficient (Wildman–Crippen LogP) is 6.22. The molecule has 2 N–H and O–H groups in total. The van der Waals surface area contributed by atoms with E-state index in [4.69, 9.17) is 0 Å². The molecule has 1 atom stereocenters. The molecule has 7 heteroatoms. The van der Waals surface area contributed by atoms with Crippen molar-refractivity contribution < 1.29 is 9.59 Å². The normalized spacial score (nSPS) is 18.1. The third-order valence-corrected chi connectivity index (χ3v) is 8.27. The van der Waals surface area contributed by atoms with Crippen LogP contribution in [0.25, 0.3) is 0 Å². The zero-order chi connectivity index (χ0) is 25.7. The minimum Gasteiger partial charge on any atom is -0.331 e. The standard InChI is InChI=1S/C30H33BrN4O2/c31-24-11-13-26(14-12-24)35-22-18-30(28(35)36)16-20-34(21-17-30)19-15-27(23-7-3-1-4-8-23)33-29(37)32-25-9-5-2-6-10-25/h1-14,27H,15-22H2,(H2,32,33,37). The number of nitrogens with zero attached hydrogens (tertiary/aromatic N) is 2. The molecule has 0 aliphatic carbocycles. The van der Waals surface area contributed by atoms with Gasteiger partial charge in [-0.05, 0) is 80.7 Å². The molecule has 3 aromatic carbocycles. The van der Waals surface area contributed by atoms with Crippen LogP contribution in [0, 0.1) is 5.41 Å². The van der Waals surface area contributed by atoms with Crippen molar-refractivity contribution in [2.75, 3.05) is 36.4 Å². The molecule has 2 fully saturated rings. The number of carbonyl (C=O) groups is 2. The Balaban J connectivity index is 1.17. The third kappa shape index (κ3) is 6.05. The van der Waals surface area contributed by atoms with Crippen LogP contribution in [0.3, 0.4) is 0 Å². The van der Waals surface area contributed by atoms with Crippen LogP contribution in [-0.4, -0.2) is 43.0 Å². The number of benzene rings is 3. The van der Waals surface area contributed by atoms with Gasteiger partial charge in [0.25, 0.3) is 0 Å². The summed E-state index contributed by atoms with van der Waals surface area (Å²) in [5, 5.41) is 6.09. The smallest absolute Gasteiger partial charge is 0.319 e. The van der Waals surface area contributed by atoms with Crippen LogP contribution in [0.2, 0.25) is 0 Å². The second-order valence-corrected chi connectivity index (χ2v) is 10.9. The minimum atomic E-state index is -0.240. The summed E-state index contributed by atoms with van der Waals surface area (Å²) < 4.78 is 1.02. The number of rotatable bonds is 7. The van der Waals surface area contributed by atoms with E-state index >= 15 is 0 Å². The Labute approximate surface area is 227 Å². The van der Waals surface area contributed by atoms with Crippen molar-refractivity contribution in [1.29, 1.82) is 0 Å². The summed E-state index contributed by atoms with van der Waals surface area (Å²) in [6, 6.07) is 27.3. The van der Waals surface area contributed by atoms with E-state index in [0.29, 0.717) is 0 Å². The van der Waals surface area contributed by atoms with Gasteiger partial charge < -0.3 is 20.4 Å². The Hall–Kier alpha value is -3.16. The number of urea groups is 1. The second kappa shape index (κ2) is 11.5. The van der Waals surface area contributed by atoms with Crippen molar-refractivity contribution in [3.63, 3.8) is 0 Å². The number of nitrogens with one attached hydrogen (secondary N) is 2. The number of para-hydroxylation sites is 1. The number of anilines is 2. The maximum absolute atomic E-state index is 13.4. The molecule has 37 heavy (non-hydrogen) atoms. The molecule has 0 bridgehead atoms. The van der Waals surface area contributed by atoms with E-state index in [2.05, 4.69) is 43.6 Å². The summed E-state index contributed by atoms with van der Waals surface area (Å²) in [6.45, 7) is 3.46. The van der Waals surface area contributed by atoms with Gasteiger partial charge >= 0.3 is 6.03 Å². The number of halogens is 1. The van der Waals surface area contributed by atoms with Gasteiger partial charge in [0, 0.05) is 28.9 Å². The number of hydrogen-bond donors (Lipinski definition) is 2. The highest BCUT2D eigenvalue weighted by atomic mass is 79.9. The average molecular weight is 562 g/mol. The SMILES string of the molecule is O=C(Nc1ccccc1)NC(CCN1CCC2(CC1)CCN(c1ccc(Br)cc1)C2=O)c1ccccc1. The van der Waals surface area contributed by atoms with Gasteiger partial charge in [-0.3, -0.25) is 4.79 Å². The number of amides is 3. The molecule has 0 saturated carbocycles. The van der Waals surface area contributed by atoms with Gasteiger partial charge in [-0.2, -0.15) is 0 Å². The largest absolute Gasteiger partial charge is 0.331 e. The van der Waals surface area contributed by atoms with Gasteiger partial charge in [0.2, 0.25) is 5.91 Å². The first-order valence-corrected chi connectivity index (χ1v) is 13.8. The number of likely N-dealkylation sites (tertiary alicyclic amines) is 1. The van der Waals surface area contributed by atoms with Crippen molar-refractivity contribution in [3.05, 3.63) is 95.0 Å². The highest BCUT2D eigenvalue weighted by molar-refractivity contribution is 9.10. The van der Waals surface area contributed by atoms with Crippen LogP contribution < -0.4 is 15.5 Å². The zero-order valence-electron chi connectivity index (χ0n) is 20.9. The van der Waals surface area contributed by atoms with Crippen molar-refractivity contribution in [1.82, 2.24) is 10.2 Å². The van der Waals surface area contributed by atoms with Gasteiger partial charge in [0.15, 0.2) is 0 Å². The number of hydrogen-bond acceptors (Lipinski definition) is 3. The van der Waals surface area contributed by atoms with Crippen LogP contribution in [0.15, 0.2) is 89.4 Å². The van der Waals surface area contributed by atoms with E-state index in [-0.39, 0.29) is 23.4 Å². The van der Waals surface area contributed by atoms with Gasteiger partial charge in [-0.1, -0.05) is 64.5 Å². The summed E-state index contributed by atoms with van der Waals surface area (Å²) in [6.07, 6.45) is 3.50. The van der Waals surface area contributed by atoms with Crippen molar-refractivity contribution in [3.8, 4) is 0 Å². The Kier molecular flexibility index (Phi) is 7.91. The molecule has 192 valence electrons. The second-order valence-electron chi connectivity index (χ2n) is 10.0. The quantitative estimate of drug-likeness (QED) is 0.360. The number of piperidine rings is 1. The molecule has 0 aromatic heterocycles. The van der Waals surface area contributed by atoms with Crippen LogP contribution in [0.1, 0.15) is 37.3 Å². The average Bonchev–Trinajstić information content (AvgIpc) is 3.24. The molecule has 3 aromatic rings. The van der Waals surface area contributed by atoms with Crippen LogP contribution >= 0.6 is 15.9 Å². The maximum Gasteiger partial charge on any atom is 0.319 e. The first-order chi connectivity index (χ1) is 18.0. The Morgan fingerprint density at radius 2 is 1.49 bits per heavy atom. The molecule has 0 radical (unpaired) electrons. The lowest BCUT2D eigenvalue weighted by molar-refractivity contribution is -0.128. The first kappa shape index (κ1) is 25.5. The van der Waals surface area contributed by atoms with Crippen LogP contribution in [-0.2, 0) is 4.79 Å². The summed E-state index contributed by atoms with van der Waals surface area (Å²) in [7, 11) is 0. The predicted molar refractivity (Wildman–Crippen MR) is 152 cm³/mol. The van der Waals surface area contributed by atoms with Gasteiger partial charge in [0.05, 0.1) is 11.5 Å². The van der Waals surface area contributed by atoms with Gasteiger partial charge in [-0.15, -0.1) is 0 Å². The van der Waals surface area contributed by atoms with E-state index in [1.165, 1.54) is 0 Å². The third-order valence-electron chi connectivity index (χ3n) is 7.74. The fraction of sp³-hybridized carbons (Fsp3) is 0.333. The molecule has 6 nitrogen and oxygen atoms in total. The molecule has 2 heterocycles. The first-order valence-electron chi connectivity index (χ1n) is 13.0. The van der Waals surface area contributed by atoms with Crippen LogP contribution in [0.4, 0.5) is 16.2 Å². The molecule has 3 amide bonds. The van der Waals surface area contributed by atoms with Crippen molar-refractivity contribution in [2.24, 2.45) is 5.41 Å². The minimum absolute atomic E-state index is 0.0955. The van der Waals surface area contributed by atoms with Crippen molar-refractivity contribution in [2.45, 2.75) is 31.7 Å². The molecule has 1 spiro atoms. The van der Waals surface area contributed by atoms with Gasteiger partial charge in [-0.25, -0.2) is 4.79 Å². The lowest BCUT2D eigenvalue weighted by atomic mass is 9.77. The molecule has 2 aliphatic rings. The number of carbonyl (C=O) groups excluding carboxylic acids is 2. The lowest BCUT2D eigenvalue weighted by Crippen LogP contribution is -2.45. The summed E-state index contributed by atoms with van der Waals surface area (Å²) >= 11 is 3.48. The maximum atomic E-state index is 13.4. The lowest BCUT2D eigenvalue weighted by Gasteiger charge is -2.38. The van der Waals surface area contributed by atoms with E-state index in [0.717, 1.165) is 73.3 Å². The molecular formula is C30H33BrN4O2. The van der Waals surface area contributed by atoms with E-state index in [1.807, 2.05) is 77.7 Å². The van der Waals surface area contributed by atoms with E-state index in [1.54, 1.807) is 0 Å². The molecule has 5 rings (SSSR count). The monoisotopic (exact) mass is 560 g/mol. The summed E-state index contributed by atoms with van der Waals surface area (Å²) in [5.41, 5.74) is 2.61. The molecule has 2 saturated heterocycles. The van der Waals surface area contributed by atoms with E-state index < -0.39 is 0 Å². The Morgan fingerprint density at radius 3 is 2.16 bits per heavy atom. The Morgan fingerprint density at radius 1 is 0.865 bits per heavy atom. The Bertz CT molecular complexity index is 1200. The van der Waals surface area contributed by atoms with Crippen LogP contribution in [0.5, 0.6) is 0 Å². The highest BCUT2D eigenvalue weighted by Gasteiger charge is 2.48. The zero-order valence-corrected chi connectivity index (χ0v) is 22.5. The highest BCUT2D eigenvalue weighted by Crippen LogP contribution is 2.43. The van der Waals surface area contributed by atoms with Crippen molar-refractivity contribution >= 4 is 39.2 Å².